The number of carboxylic acids is 1. The zero-order chi connectivity index (χ0) is 18.0. The van der Waals surface area contributed by atoms with E-state index in [0.29, 0.717) is 25.7 Å². The molecule has 0 radical (unpaired) electrons. The smallest absolute Gasteiger partial charge is 0.303 e. The Bertz CT molecular complexity index is 458. The maximum Gasteiger partial charge on any atom is 0.303 e. The molecule has 0 bridgehead atoms. The molecule has 0 heterocycles. The highest BCUT2D eigenvalue weighted by Gasteiger charge is 1.95. The summed E-state index contributed by atoms with van der Waals surface area (Å²) in [6.07, 6.45) is 20.9. The largest absolute Gasteiger partial charge is 0.481 e. The van der Waals surface area contributed by atoms with Gasteiger partial charge in [-0.25, -0.2) is 0 Å². The molecule has 0 spiro atoms. The molecular formula is C20H30O4. The van der Waals surface area contributed by atoms with Crippen LogP contribution in [0.1, 0.15) is 45.4 Å². The van der Waals surface area contributed by atoms with Gasteiger partial charge in [-0.2, -0.15) is 0 Å². The van der Waals surface area contributed by atoms with Gasteiger partial charge in [-0.3, -0.25) is 4.79 Å². The van der Waals surface area contributed by atoms with Crippen LogP contribution in [-0.4, -0.2) is 33.5 Å². The average Bonchev–Trinajstić information content (AvgIpc) is 2.53. The summed E-state index contributed by atoms with van der Waals surface area (Å²) in [5.74, 6) is -0.778. The van der Waals surface area contributed by atoms with Crippen molar-refractivity contribution in [3.63, 3.8) is 0 Å². The summed E-state index contributed by atoms with van der Waals surface area (Å²) in [4.78, 5) is 10.3. The number of carboxylic acid groups (broad SMARTS) is 1. The van der Waals surface area contributed by atoms with Crippen LogP contribution in [0.5, 0.6) is 0 Å². The average molecular weight is 334 g/mol. The minimum atomic E-state index is -0.778. The second-order valence-corrected chi connectivity index (χ2v) is 5.40. The quantitative estimate of drug-likeness (QED) is 0.271. The molecule has 0 aliphatic rings. The molecule has 2 atom stereocenters. The highest BCUT2D eigenvalue weighted by Crippen LogP contribution is 2.00. The van der Waals surface area contributed by atoms with Crippen LogP contribution in [0.4, 0.5) is 0 Å². The normalized spacial score (nSPS) is 15.5. The fraction of sp³-hybridized carbons (Fsp3) is 0.450. The van der Waals surface area contributed by atoms with E-state index in [4.69, 9.17) is 5.11 Å². The number of allylic oxidation sites excluding steroid dienone is 6. The van der Waals surface area contributed by atoms with Crippen molar-refractivity contribution in [1.82, 2.24) is 0 Å². The zero-order valence-electron chi connectivity index (χ0n) is 14.4. The van der Waals surface area contributed by atoms with Gasteiger partial charge in [0, 0.05) is 6.42 Å². The second kappa shape index (κ2) is 16.0. The summed E-state index contributed by atoms with van der Waals surface area (Å²) in [5, 5.41) is 27.9. The minimum Gasteiger partial charge on any atom is -0.481 e. The van der Waals surface area contributed by atoms with Crippen LogP contribution in [-0.2, 0) is 4.79 Å². The SMILES string of the molecule is CC/C=C\C[C@H](O)/C=C/C=C\C[C@H](O)/C=C/C=C\CCCC(=O)O. The highest BCUT2D eigenvalue weighted by atomic mass is 16.4. The summed E-state index contributed by atoms with van der Waals surface area (Å²) in [6.45, 7) is 2.05. The molecule has 0 amide bonds. The Hall–Kier alpha value is -1.91. The summed E-state index contributed by atoms with van der Waals surface area (Å²) in [5.41, 5.74) is 0. The molecule has 0 aliphatic heterocycles. The molecule has 4 heteroatoms. The van der Waals surface area contributed by atoms with Crippen molar-refractivity contribution in [1.29, 1.82) is 0 Å². The van der Waals surface area contributed by atoms with E-state index in [1.54, 1.807) is 24.3 Å². The van der Waals surface area contributed by atoms with Gasteiger partial charge >= 0.3 is 5.97 Å². The van der Waals surface area contributed by atoms with E-state index in [1.807, 2.05) is 36.5 Å². The number of rotatable bonds is 13. The number of aliphatic carboxylic acids is 1. The summed E-state index contributed by atoms with van der Waals surface area (Å²) in [7, 11) is 0. The van der Waals surface area contributed by atoms with Crippen LogP contribution in [0, 0.1) is 0 Å². The standard InChI is InChI=1S/C20H30O4/c1-2-3-8-13-18(21)15-10-7-11-16-19(22)14-9-5-4-6-12-17-20(23)24/h3-5,7-11,14-15,18-19,21-22H,2,6,12-13,16-17H2,1H3,(H,23,24)/b5-4-,8-3-,11-7-,14-9+,15-10+/t18-,19+/m0/s1. The molecule has 4 nitrogen and oxygen atoms in total. The number of aliphatic hydroxyl groups excluding tert-OH is 2. The third kappa shape index (κ3) is 16.5. The zero-order valence-corrected chi connectivity index (χ0v) is 14.4. The Balaban J connectivity index is 3.85. The number of unbranched alkanes of at least 4 members (excludes halogenated alkanes) is 1. The maximum atomic E-state index is 10.3. The summed E-state index contributed by atoms with van der Waals surface area (Å²) in [6, 6.07) is 0. The van der Waals surface area contributed by atoms with E-state index >= 15 is 0 Å². The van der Waals surface area contributed by atoms with E-state index in [2.05, 4.69) is 6.92 Å². The lowest BCUT2D eigenvalue weighted by Crippen LogP contribution is -1.99. The van der Waals surface area contributed by atoms with Crippen molar-refractivity contribution >= 4 is 5.97 Å². The Morgan fingerprint density at radius 3 is 2.04 bits per heavy atom. The van der Waals surface area contributed by atoms with Crippen molar-refractivity contribution in [2.75, 3.05) is 0 Å². The molecule has 0 aromatic carbocycles. The molecule has 0 aromatic rings. The van der Waals surface area contributed by atoms with Crippen molar-refractivity contribution in [2.24, 2.45) is 0 Å². The molecule has 24 heavy (non-hydrogen) atoms. The van der Waals surface area contributed by atoms with Gasteiger partial charge in [0.05, 0.1) is 12.2 Å². The molecule has 0 saturated heterocycles. The van der Waals surface area contributed by atoms with E-state index in [9.17, 15) is 15.0 Å². The first kappa shape index (κ1) is 22.1. The van der Waals surface area contributed by atoms with Gasteiger partial charge in [-0.15, -0.1) is 0 Å². The summed E-state index contributed by atoms with van der Waals surface area (Å²) < 4.78 is 0. The third-order valence-electron chi connectivity index (χ3n) is 3.08. The maximum absolute atomic E-state index is 10.3. The number of hydrogen-bond acceptors (Lipinski definition) is 3. The van der Waals surface area contributed by atoms with Crippen molar-refractivity contribution < 1.29 is 20.1 Å². The van der Waals surface area contributed by atoms with Gasteiger partial charge in [0.2, 0.25) is 0 Å². The second-order valence-electron chi connectivity index (χ2n) is 5.40. The van der Waals surface area contributed by atoms with E-state index in [0.717, 1.165) is 6.42 Å². The number of hydrogen-bond donors (Lipinski definition) is 3. The van der Waals surface area contributed by atoms with Gasteiger partial charge in [-0.1, -0.05) is 67.7 Å². The predicted molar refractivity (Wildman–Crippen MR) is 98.7 cm³/mol. The summed E-state index contributed by atoms with van der Waals surface area (Å²) >= 11 is 0. The fourth-order valence-electron chi connectivity index (χ4n) is 1.79. The fourth-order valence-corrected chi connectivity index (χ4v) is 1.79. The molecule has 0 aliphatic carbocycles. The van der Waals surface area contributed by atoms with Crippen molar-refractivity contribution in [3.8, 4) is 0 Å². The Morgan fingerprint density at radius 2 is 1.46 bits per heavy atom. The predicted octanol–water partition coefficient (Wildman–Crippen LogP) is 3.93. The van der Waals surface area contributed by atoms with Crippen LogP contribution in [0.2, 0.25) is 0 Å². The van der Waals surface area contributed by atoms with Crippen LogP contribution in [0.25, 0.3) is 0 Å². The highest BCUT2D eigenvalue weighted by molar-refractivity contribution is 5.66. The van der Waals surface area contributed by atoms with E-state index in [-0.39, 0.29) is 6.42 Å². The Morgan fingerprint density at radius 1 is 0.875 bits per heavy atom. The Kier molecular flexibility index (Phi) is 14.7. The first-order valence-corrected chi connectivity index (χ1v) is 8.45. The number of aliphatic hydroxyl groups is 2. The number of carbonyl (C=O) groups is 1. The Labute approximate surface area is 145 Å². The van der Waals surface area contributed by atoms with Gasteiger partial charge < -0.3 is 15.3 Å². The molecular weight excluding hydrogens is 304 g/mol. The lowest BCUT2D eigenvalue weighted by atomic mass is 10.2. The van der Waals surface area contributed by atoms with Crippen LogP contribution in [0.15, 0.2) is 60.8 Å². The van der Waals surface area contributed by atoms with Gasteiger partial charge in [0.25, 0.3) is 0 Å². The third-order valence-corrected chi connectivity index (χ3v) is 3.08. The lowest BCUT2D eigenvalue weighted by molar-refractivity contribution is -0.137. The molecule has 0 aromatic heterocycles. The van der Waals surface area contributed by atoms with Crippen LogP contribution < -0.4 is 0 Å². The molecule has 0 unspecified atom stereocenters. The first-order chi connectivity index (χ1) is 11.6. The van der Waals surface area contributed by atoms with Crippen molar-refractivity contribution in [3.05, 3.63) is 60.8 Å². The van der Waals surface area contributed by atoms with Gasteiger partial charge in [0.1, 0.15) is 0 Å². The lowest BCUT2D eigenvalue weighted by Gasteiger charge is -2.00. The minimum absolute atomic E-state index is 0.179. The van der Waals surface area contributed by atoms with Crippen molar-refractivity contribution in [2.45, 2.75) is 57.7 Å². The first-order valence-electron chi connectivity index (χ1n) is 8.45. The van der Waals surface area contributed by atoms with E-state index < -0.39 is 18.2 Å². The topological polar surface area (TPSA) is 77.8 Å². The molecule has 0 saturated carbocycles. The monoisotopic (exact) mass is 334 g/mol. The van der Waals surface area contributed by atoms with Gasteiger partial charge in [-0.05, 0) is 32.1 Å². The van der Waals surface area contributed by atoms with Gasteiger partial charge in [0.15, 0.2) is 0 Å². The van der Waals surface area contributed by atoms with Crippen LogP contribution in [0.3, 0.4) is 0 Å². The molecule has 0 fully saturated rings. The molecule has 3 N–H and O–H groups in total. The molecule has 0 rings (SSSR count). The van der Waals surface area contributed by atoms with Crippen LogP contribution >= 0.6 is 0 Å². The molecule has 134 valence electrons. The van der Waals surface area contributed by atoms with E-state index in [1.165, 1.54) is 0 Å².